The molecule has 0 aliphatic carbocycles. The van der Waals surface area contributed by atoms with Gasteiger partial charge in [0.05, 0.1) is 10.6 Å². The van der Waals surface area contributed by atoms with Crippen molar-refractivity contribution in [3.8, 4) is 5.88 Å². The van der Waals surface area contributed by atoms with Crippen molar-refractivity contribution < 1.29 is 9.90 Å². The lowest BCUT2D eigenvalue weighted by atomic mass is 9.99. The number of thiazole rings is 1. The lowest BCUT2D eigenvalue weighted by Crippen LogP contribution is -2.40. The molecule has 2 aliphatic heterocycles. The molecule has 0 radical (unpaired) electrons. The molecule has 28 heavy (non-hydrogen) atoms. The summed E-state index contributed by atoms with van der Waals surface area (Å²) in [5, 5.41) is 10.6. The molecule has 0 saturated carbocycles. The summed E-state index contributed by atoms with van der Waals surface area (Å²) in [5.41, 5.74) is 2.59. The van der Waals surface area contributed by atoms with Crippen LogP contribution >= 0.6 is 27.3 Å². The van der Waals surface area contributed by atoms with E-state index in [1.54, 1.807) is 17.2 Å². The number of allylic oxidation sites excluding steroid dienone is 1. The van der Waals surface area contributed by atoms with E-state index in [1.807, 2.05) is 18.2 Å². The molecular weight excluding hydrogens is 442 g/mol. The van der Waals surface area contributed by atoms with Gasteiger partial charge in [-0.15, -0.1) is 0 Å². The summed E-state index contributed by atoms with van der Waals surface area (Å²) in [6.45, 7) is 3.46. The van der Waals surface area contributed by atoms with Crippen molar-refractivity contribution in [2.24, 2.45) is 10.9 Å². The second-order valence-electron chi connectivity index (χ2n) is 7.22. The molecule has 2 aliphatic rings. The number of rotatable bonds is 3. The highest BCUT2D eigenvalue weighted by atomic mass is 79.9. The van der Waals surface area contributed by atoms with Gasteiger partial charge in [0, 0.05) is 34.9 Å². The van der Waals surface area contributed by atoms with Gasteiger partial charge in [-0.3, -0.25) is 19.1 Å². The van der Waals surface area contributed by atoms with Gasteiger partial charge in [0.2, 0.25) is 11.8 Å². The van der Waals surface area contributed by atoms with Crippen molar-refractivity contribution in [3.63, 3.8) is 0 Å². The van der Waals surface area contributed by atoms with Crippen molar-refractivity contribution in [2.45, 2.75) is 26.3 Å². The minimum atomic E-state index is -0.340. The number of hydrogen-bond acceptors (Lipinski definition) is 5. The van der Waals surface area contributed by atoms with Gasteiger partial charge in [0.1, 0.15) is 6.54 Å². The maximum absolute atomic E-state index is 12.6. The molecule has 8 heteroatoms. The first kappa shape index (κ1) is 19.1. The molecule has 1 saturated heterocycles. The Labute approximate surface area is 175 Å². The summed E-state index contributed by atoms with van der Waals surface area (Å²) in [6, 6.07) is 5.77. The van der Waals surface area contributed by atoms with Crippen LogP contribution in [0.3, 0.4) is 0 Å². The quantitative estimate of drug-likeness (QED) is 0.752. The molecule has 0 spiro atoms. The van der Waals surface area contributed by atoms with Gasteiger partial charge in [-0.05, 0) is 43.0 Å². The highest BCUT2D eigenvalue weighted by Crippen LogP contribution is 2.36. The molecule has 1 aromatic heterocycles. The Morgan fingerprint density at radius 1 is 1.39 bits per heavy atom. The zero-order chi connectivity index (χ0) is 19.8. The van der Waals surface area contributed by atoms with Crippen molar-refractivity contribution in [3.05, 3.63) is 42.8 Å². The fraction of sp³-hybridized carbons (Fsp3) is 0.350. The van der Waals surface area contributed by atoms with Gasteiger partial charge >= 0.3 is 4.87 Å². The van der Waals surface area contributed by atoms with Crippen LogP contribution in [-0.2, 0) is 11.3 Å². The molecule has 0 bridgehead atoms. The van der Waals surface area contributed by atoms with Crippen LogP contribution in [0, 0.1) is 5.92 Å². The van der Waals surface area contributed by atoms with E-state index in [4.69, 9.17) is 0 Å². The van der Waals surface area contributed by atoms with Crippen LogP contribution in [0.4, 0.5) is 5.69 Å². The van der Waals surface area contributed by atoms with E-state index >= 15 is 0 Å². The van der Waals surface area contributed by atoms with Crippen LogP contribution in [-0.4, -0.2) is 39.8 Å². The summed E-state index contributed by atoms with van der Waals surface area (Å²) >= 11 is 4.38. The van der Waals surface area contributed by atoms with E-state index in [0.29, 0.717) is 23.9 Å². The number of aromatic hydroxyl groups is 1. The van der Waals surface area contributed by atoms with E-state index < -0.39 is 0 Å². The Balaban J connectivity index is 1.58. The number of carbonyl (C=O) groups excluding carboxylic acids is 1. The minimum absolute atomic E-state index is 0.127. The number of carbonyl (C=O) groups is 1. The largest absolute Gasteiger partial charge is 0.493 e. The molecule has 0 atom stereocenters. The number of likely N-dealkylation sites (tertiary alicyclic amines) is 1. The highest BCUT2D eigenvalue weighted by molar-refractivity contribution is 9.10. The number of halogens is 1. The van der Waals surface area contributed by atoms with E-state index in [2.05, 4.69) is 27.8 Å². The maximum atomic E-state index is 12.6. The summed E-state index contributed by atoms with van der Waals surface area (Å²) in [6.07, 6.45) is 5.40. The first-order valence-electron chi connectivity index (χ1n) is 9.18. The van der Waals surface area contributed by atoms with Crippen LogP contribution in [0.15, 0.2) is 32.5 Å². The van der Waals surface area contributed by atoms with E-state index in [1.165, 1.54) is 0 Å². The van der Waals surface area contributed by atoms with Crippen LogP contribution in [0.25, 0.3) is 11.6 Å². The van der Waals surface area contributed by atoms with Crippen LogP contribution in [0.2, 0.25) is 0 Å². The van der Waals surface area contributed by atoms with Gasteiger partial charge in [0.25, 0.3) is 0 Å². The van der Waals surface area contributed by atoms with Gasteiger partial charge in [-0.25, -0.2) is 0 Å². The van der Waals surface area contributed by atoms with Crippen LogP contribution in [0.1, 0.15) is 30.2 Å². The summed E-state index contributed by atoms with van der Waals surface area (Å²) in [4.78, 5) is 31.2. The summed E-state index contributed by atoms with van der Waals surface area (Å²) < 4.78 is 2.09. The fourth-order valence-corrected chi connectivity index (χ4v) is 4.66. The molecule has 1 N–H and O–H groups in total. The Bertz CT molecular complexity index is 1050. The van der Waals surface area contributed by atoms with Crippen LogP contribution in [0.5, 0.6) is 5.88 Å². The monoisotopic (exact) mass is 461 g/mol. The first-order valence-corrected chi connectivity index (χ1v) is 10.8. The normalized spacial score (nSPS) is 18.1. The van der Waals surface area contributed by atoms with Crippen molar-refractivity contribution in [1.82, 2.24) is 9.47 Å². The predicted octanol–water partition coefficient (Wildman–Crippen LogP) is 3.89. The highest BCUT2D eigenvalue weighted by Gasteiger charge is 2.23. The molecule has 1 aromatic carbocycles. The molecule has 146 valence electrons. The number of nitrogens with zero attached hydrogens (tertiary/aromatic N) is 3. The average Bonchev–Trinajstić information content (AvgIpc) is 3.18. The average molecular weight is 462 g/mol. The minimum Gasteiger partial charge on any atom is -0.493 e. The molecular formula is C20H20BrN3O3S. The Morgan fingerprint density at radius 3 is 2.89 bits per heavy atom. The van der Waals surface area contributed by atoms with E-state index in [-0.39, 0.29) is 23.2 Å². The molecule has 1 amide bonds. The molecule has 1 fully saturated rings. The third-order valence-corrected chi connectivity index (χ3v) is 6.63. The van der Waals surface area contributed by atoms with Gasteiger partial charge in [0.15, 0.2) is 0 Å². The number of amides is 1. The smallest absolute Gasteiger partial charge is 0.311 e. The lowest BCUT2D eigenvalue weighted by molar-refractivity contribution is -0.133. The summed E-state index contributed by atoms with van der Waals surface area (Å²) in [5.74, 6) is 0.326. The third-order valence-electron chi connectivity index (χ3n) is 5.22. The van der Waals surface area contributed by atoms with Crippen molar-refractivity contribution in [1.29, 1.82) is 0 Å². The number of aliphatic imine (C=N–C) groups is 1. The zero-order valence-corrected chi connectivity index (χ0v) is 17.8. The Morgan fingerprint density at radius 2 is 2.14 bits per heavy atom. The molecule has 0 unspecified atom stereocenters. The maximum Gasteiger partial charge on any atom is 0.311 e. The first-order chi connectivity index (χ1) is 13.4. The number of aromatic nitrogens is 1. The SMILES string of the molecule is CC1CCN(C(=O)Cn2c(O)c(C=C3C=Nc4ccc(Br)cc43)sc2=O)CC1. The van der Waals surface area contributed by atoms with E-state index in [0.717, 1.165) is 50.0 Å². The summed E-state index contributed by atoms with van der Waals surface area (Å²) in [7, 11) is 0. The number of fused-ring (bicyclic) bond motifs is 1. The molecule has 4 rings (SSSR count). The Hall–Kier alpha value is -2.19. The van der Waals surface area contributed by atoms with Gasteiger partial charge in [-0.1, -0.05) is 34.2 Å². The third kappa shape index (κ3) is 3.71. The van der Waals surface area contributed by atoms with Crippen molar-refractivity contribution >= 4 is 56.7 Å². The number of hydrogen-bond donors (Lipinski definition) is 1. The van der Waals surface area contributed by atoms with Gasteiger partial charge < -0.3 is 10.0 Å². The molecule has 3 heterocycles. The second kappa shape index (κ2) is 7.67. The molecule has 6 nitrogen and oxygen atoms in total. The molecule has 2 aromatic rings. The zero-order valence-electron chi connectivity index (χ0n) is 15.4. The van der Waals surface area contributed by atoms with Gasteiger partial charge in [-0.2, -0.15) is 0 Å². The van der Waals surface area contributed by atoms with E-state index in [9.17, 15) is 14.7 Å². The topological polar surface area (TPSA) is 74.9 Å². The number of piperidine rings is 1. The standard InChI is InChI=1S/C20H20BrN3O3S/c1-12-4-6-23(7-5-12)18(25)11-24-19(26)17(28-20(24)27)8-13-10-22-16-3-2-14(21)9-15(13)16/h2-3,8-10,12,26H,4-7,11H2,1H3. The number of benzene rings is 1. The predicted molar refractivity (Wildman–Crippen MR) is 115 cm³/mol. The van der Waals surface area contributed by atoms with Crippen LogP contribution < -0.4 is 4.87 Å². The second-order valence-corrected chi connectivity index (χ2v) is 9.13. The van der Waals surface area contributed by atoms with Crippen molar-refractivity contribution in [2.75, 3.05) is 13.1 Å². The Kier molecular flexibility index (Phi) is 5.25. The fourth-order valence-electron chi connectivity index (χ4n) is 3.46. The lowest BCUT2D eigenvalue weighted by Gasteiger charge is -2.30.